The van der Waals surface area contributed by atoms with Crippen LogP contribution in [-0.2, 0) is 0 Å². The molecule has 1 aliphatic rings. The van der Waals surface area contributed by atoms with E-state index in [1.165, 1.54) is 18.4 Å². The van der Waals surface area contributed by atoms with Gasteiger partial charge in [-0.3, -0.25) is 4.79 Å². The molecule has 0 atom stereocenters. The van der Waals surface area contributed by atoms with Crippen LogP contribution in [0.15, 0.2) is 22.9 Å². The van der Waals surface area contributed by atoms with Gasteiger partial charge in [-0.2, -0.15) is 0 Å². The first-order chi connectivity index (χ1) is 7.65. The highest BCUT2D eigenvalue weighted by atomic mass is 79.9. The number of halogens is 1. The van der Waals surface area contributed by atoms with E-state index in [1.54, 1.807) is 6.20 Å². The van der Waals surface area contributed by atoms with Crippen LogP contribution in [0.5, 0.6) is 0 Å². The molecule has 0 bridgehead atoms. The van der Waals surface area contributed by atoms with Crippen LogP contribution in [0.2, 0.25) is 0 Å². The summed E-state index contributed by atoms with van der Waals surface area (Å²) in [4.78, 5) is 15.2. The van der Waals surface area contributed by atoms with Crippen molar-refractivity contribution in [1.82, 2.24) is 9.38 Å². The largest absolute Gasteiger partial charge is 0.364 e. The molecule has 0 aliphatic heterocycles. The molecular formula is C11H10BrN3O. The minimum atomic E-state index is -0.497. The fourth-order valence-corrected chi connectivity index (χ4v) is 2.39. The Morgan fingerprint density at radius 1 is 1.50 bits per heavy atom. The molecule has 2 heterocycles. The van der Waals surface area contributed by atoms with Crippen LogP contribution >= 0.6 is 15.9 Å². The first kappa shape index (κ1) is 9.84. The smallest absolute Gasteiger partial charge is 0.268 e. The van der Waals surface area contributed by atoms with E-state index in [0.717, 1.165) is 10.1 Å². The van der Waals surface area contributed by atoms with Crippen LogP contribution < -0.4 is 5.73 Å². The Labute approximate surface area is 101 Å². The van der Waals surface area contributed by atoms with Crippen molar-refractivity contribution < 1.29 is 4.79 Å². The van der Waals surface area contributed by atoms with E-state index in [9.17, 15) is 4.79 Å². The number of carbonyl (C=O) groups excluding carboxylic acids is 1. The van der Waals surface area contributed by atoms with Gasteiger partial charge in [0.1, 0.15) is 5.69 Å². The van der Waals surface area contributed by atoms with Crippen molar-refractivity contribution >= 4 is 27.5 Å². The van der Waals surface area contributed by atoms with Gasteiger partial charge in [0, 0.05) is 12.4 Å². The maximum Gasteiger partial charge on any atom is 0.268 e. The Morgan fingerprint density at radius 2 is 2.25 bits per heavy atom. The van der Waals surface area contributed by atoms with Gasteiger partial charge in [-0.1, -0.05) is 0 Å². The van der Waals surface area contributed by atoms with Gasteiger partial charge in [0.05, 0.1) is 4.47 Å². The van der Waals surface area contributed by atoms with Crippen LogP contribution in [0.1, 0.15) is 34.8 Å². The fourth-order valence-electron chi connectivity index (χ4n) is 1.84. The molecule has 0 aromatic carbocycles. The second kappa shape index (κ2) is 3.31. The third-order valence-corrected chi connectivity index (χ3v) is 3.41. The molecule has 0 spiro atoms. The van der Waals surface area contributed by atoms with Crippen molar-refractivity contribution in [2.45, 2.75) is 18.8 Å². The van der Waals surface area contributed by atoms with Gasteiger partial charge in [0.2, 0.25) is 0 Å². The number of hydrogen-bond donors (Lipinski definition) is 1. The Bertz CT molecular complexity index is 586. The van der Waals surface area contributed by atoms with Crippen molar-refractivity contribution in [2.75, 3.05) is 0 Å². The molecule has 1 saturated carbocycles. The lowest BCUT2D eigenvalue weighted by molar-refractivity contribution is 0.0996. The van der Waals surface area contributed by atoms with Gasteiger partial charge >= 0.3 is 0 Å². The topological polar surface area (TPSA) is 60.4 Å². The Balaban J connectivity index is 2.21. The number of aromatic nitrogens is 2. The summed E-state index contributed by atoms with van der Waals surface area (Å²) in [5.74, 6) is 0.170. The minimum absolute atomic E-state index is 0.300. The second-order valence-corrected chi connectivity index (χ2v) is 4.97. The van der Waals surface area contributed by atoms with Crippen molar-refractivity contribution in [2.24, 2.45) is 5.73 Å². The third kappa shape index (κ3) is 1.51. The number of pyridine rings is 1. The maximum atomic E-state index is 11.0. The van der Waals surface area contributed by atoms with Crippen molar-refractivity contribution in [3.63, 3.8) is 0 Å². The Hall–Kier alpha value is -1.36. The summed E-state index contributed by atoms with van der Waals surface area (Å²) in [6.45, 7) is 0. The molecule has 1 fully saturated rings. The van der Waals surface area contributed by atoms with Crippen LogP contribution in [-0.4, -0.2) is 15.3 Å². The van der Waals surface area contributed by atoms with Gasteiger partial charge < -0.3 is 10.1 Å². The van der Waals surface area contributed by atoms with Crippen LogP contribution in [0.25, 0.3) is 5.65 Å². The Morgan fingerprint density at radius 3 is 2.88 bits per heavy atom. The average Bonchev–Trinajstić information content (AvgIpc) is 2.97. The van der Waals surface area contributed by atoms with E-state index in [0.29, 0.717) is 11.6 Å². The monoisotopic (exact) mass is 279 g/mol. The quantitative estimate of drug-likeness (QED) is 0.915. The van der Waals surface area contributed by atoms with E-state index in [2.05, 4.69) is 27.0 Å². The first-order valence-electron chi connectivity index (χ1n) is 5.13. The molecule has 82 valence electrons. The number of nitrogens with two attached hydrogens (primary N) is 1. The number of hydrogen-bond acceptors (Lipinski definition) is 2. The molecule has 0 saturated heterocycles. The molecule has 0 unspecified atom stereocenters. The number of nitrogens with zero attached hydrogens (tertiary/aromatic N) is 2. The van der Waals surface area contributed by atoms with E-state index >= 15 is 0 Å². The normalized spacial score (nSPS) is 15.6. The lowest BCUT2D eigenvalue weighted by Crippen LogP contribution is -2.10. The lowest BCUT2D eigenvalue weighted by atomic mass is 10.2. The molecule has 5 heteroatoms. The standard InChI is InChI=1S/C11H10BrN3O/c12-8-3-7(6-1-2-6)4-15-5-9(10(13)16)14-11(8)15/h3-6H,1-2H2,(H2,13,16). The number of imidazole rings is 1. The van der Waals surface area contributed by atoms with E-state index in [-0.39, 0.29) is 0 Å². The lowest BCUT2D eigenvalue weighted by Gasteiger charge is -2.01. The van der Waals surface area contributed by atoms with E-state index < -0.39 is 5.91 Å². The molecular weight excluding hydrogens is 270 g/mol. The predicted octanol–water partition coefficient (Wildman–Crippen LogP) is 2.07. The molecule has 3 rings (SSSR count). The second-order valence-electron chi connectivity index (χ2n) is 4.12. The zero-order valence-corrected chi connectivity index (χ0v) is 10.1. The first-order valence-corrected chi connectivity index (χ1v) is 5.92. The zero-order chi connectivity index (χ0) is 11.3. The number of fused-ring (bicyclic) bond motifs is 1. The highest BCUT2D eigenvalue weighted by molar-refractivity contribution is 9.10. The molecule has 2 aromatic heterocycles. The fraction of sp³-hybridized carbons (Fsp3) is 0.273. The number of primary amides is 1. The van der Waals surface area contributed by atoms with Gasteiger partial charge in [-0.15, -0.1) is 0 Å². The summed E-state index contributed by atoms with van der Waals surface area (Å²) < 4.78 is 2.77. The molecule has 0 radical (unpaired) electrons. The molecule has 4 nitrogen and oxygen atoms in total. The third-order valence-electron chi connectivity index (χ3n) is 2.83. The zero-order valence-electron chi connectivity index (χ0n) is 8.48. The molecule has 1 amide bonds. The summed E-state index contributed by atoms with van der Waals surface area (Å²) in [5, 5.41) is 0. The highest BCUT2D eigenvalue weighted by Crippen LogP contribution is 2.41. The van der Waals surface area contributed by atoms with Crippen LogP contribution in [0.4, 0.5) is 0 Å². The van der Waals surface area contributed by atoms with E-state index in [1.807, 2.05) is 10.6 Å². The van der Waals surface area contributed by atoms with Gasteiger partial charge in [-0.05, 0) is 46.3 Å². The predicted molar refractivity (Wildman–Crippen MR) is 63.4 cm³/mol. The van der Waals surface area contributed by atoms with Gasteiger partial charge in [0.25, 0.3) is 5.91 Å². The van der Waals surface area contributed by atoms with Gasteiger partial charge in [0.15, 0.2) is 5.65 Å². The Kier molecular flexibility index (Phi) is 2.04. The van der Waals surface area contributed by atoms with Crippen molar-refractivity contribution in [1.29, 1.82) is 0 Å². The average molecular weight is 280 g/mol. The van der Waals surface area contributed by atoms with Crippen LogP contribution in [0.3, 0.4) is 0 Å². The maximum absolute atomic E-state index is 11.0. The highest BCUT2D eigenvalue weighted by Gasteiger charge is 2.24. The summed E-state index contributed by atoms with van der Waals surface area (Å²) in [5.41, 5.74) is 7.53. The van der Waals surface area contributed by atoms with Crippen molar-refractivity contribution in [3.8, 4) is 0 Å². The molecule has 16 heavy (non-hydrogen) atoms. The number of amides is 1. The summed E-state index contributed by atoms with van der Waals surface area (Å²) in [7, 11) is 0. The van der Waals surface area contributed by atoms with Crippen molar-refractivity contribution in [3.05, 3.63) is 34.2 Å². The van der Waals surface area contributed by atoms with Gasteiger partial charge in [-0.25, -0.2) is 4.98 Å². The summed E-state index contributed by atoms with van der Waals surface area (Å²) in [6, 6.07) is 2.07. The summed E-state index contributed by atoms with van der Waals surface area (Å²) >= 11 is 3.47. The number of rotatable bonds is 2. The summed E-state index contributed by atoms with van der Waals surface area (Å²) in [6.07, 6.45) is 6.19. The SMILES string of the molecule is NC(=O)c1cn2cc(C3CC3)cc(Br)c2n1. The molecule has 1 aliphatic carbocycles. The molecule has 2 aromatic rings. The minimum Gasteiger partial charge on any atom is -0.364 e. The number of carbonyl (C=O) groups is 1. The van der Waals surface area contributed by atoms with E-state index in [4.69, 9.17) is 5.73 Å². The molecule has 2 N–H and O–H groups in total. The van der Waals surface area contributed by atoms with Crippen LogP contribution in [0, 0.1) is 0 Å².